The van der Waals surface area contributed by atoms with E-state index in [-0.39, 0.29) is 5.82 Å². The standard InChI is InChI=1S/C18H17FN2/c1-13-3-7-16(8-4-13)18-9-10-21(20-18)12-15-6-5-14(2)17(19)11-15/h3-11H,12H2,1-2H3. The van der Waals surface area contributed by atoms with E-state index >= 15 is 0 Å². The van der Waals surface area contributed by atoms with Crippen molar-refractivity contribution in [2.24, 2.45) is 0 Å². The third-order valence-electron chi connectivity index (χ3n) is 3.57. The van der Waals surface area contributed by atoms with Crippen molar-refractivity contribution in [1.29, 1.82) is 0 Å². The largest absolute Gasteiger partial charge is 0.268 e. The first-order valence-corrected chi connectivity index (χ1v) is 6.97. The Morgan fingerprint density at radius 3 is 2.48 bits per heavy atom. The third kappa shape index (κ3) is 3.02. The molecule has 0 aliphatic carbocycles. The van der Waals surface area contributed by atoms with Crippen LogP contribution in [0.4, 0.5) is 4.39 Å². The van der Waals surface area contributed by atoms with E-state index in [9.17, 15) is 4.39 Å². The van der Waals surface area contributed by atoms with Gasteiger partial charge in [0.1, 0.15) is 5.82 Å². The highest BCUT2D eigenvalue weighted by atomic mass is 19.1. The molecule has 0 N–H and O–H groups in total. The zero-order valence-corrected chi connectivity index (χ0v) is 12.2. The molecule has 0 aliphatic heterocycles. The van der Waals surface area contributed by atoms with E-state index in [1.807, 2.05) is 23.0 Å². The minimum atomic E-state index is -0.168. The molecule has 0 saturated carbocycles. The number of rotatable bonds is 3. The molecule has 3 rings (SSSR count). The molecule has 0 atom stereocenters. The first-order valence-electron chi connectivity index (χ1n) is 6.97. The Balaban J connectivity index is 1.81. The average molecular weight is 280 g/mol. The summed E-state index contributed by atoms with van der Waals surface area (Å²) in [6.07, 6.45) is 1.92. The molecule has 0 unspecified atom stereocenters. The van der Waals surface area contributed by atoms with Crippen molar-refractivity contribution in [3.05, 3.63) is 77.2 Å². The summed E-state index contributed by atoms with van der Waals surface area (Å²) in [6, 6.07) is 15.6. The van der Waals surface area contributed by atoms with Crippen LogP contribution in [0.2, 0.25) is 0 Å². The first-order chi connectivity index (χ1) is 10.1. The van der Waals surface area contributed by atoms with Crippen LogP contribution in [0, 0.1) is 19.7 Å². The Morgan fingerprint density at radius 1 is 1.00 bits per heavy atom. The molecule has 0 fully saturated rings. The molecule has 0 aliphatic rings. The number of halogens is 1. The Morgan fingerprint density at radius 2 is 1.76 bits per heavy atom. The van der Waals surface area contributed by atoms with E-state index in [4.69, 9.17) is 0 Å². The second-order valence-electron chi connectivity index (χ2n) is 5.35. The second-order valence-corrected chi connectivity index (χ2v) is 5.35. The van der Waals surface area contributed by atoms with Crippen molar-refractivity contribution in [3.8, 4) is 11.3 Å². The quantitative estimate of drug-likeness (QED) is 0.697. The Bertz CT molecular complexity index is 757. The molecule has 0 spiro atoms. The van der Waals surface area contributed by atoms with Crippen molar-refractivity contribution < 1.29 is 4.39 Å². The van der Waals surface area contributed by atoms with Crippen LogP contribution in [0.1, 0.15) is 16.7 Å². The van der Waals surface area contributed by atoms with Gasteiger partial charge in [0, 0.05) is 11.8 Å². The number of hydrogen-bond acceptors (Lipinski definition) is 1. The van der Waals surface area contributed by atoms with Gasteiger partial charge in [-0.25, -0.2) is 4.39 Å². The highest BCUT2D eigenvalue weighted by Crippen LogP contribution is 2.18. The molecule has 3 aromatic rings. The van der Waals surface area contributed by atoms with Crippen LogP contribution in [0.15, 0.2) is 54.7 Å². The van der Waals surface area contributed by atoms with Gasteiger partial charge >= 0.3 is 0 Å². The number of aryl methyl sites for hydroxylation is 2. The smallest absolute Gasteiger partial charge is 0.126 e. The lowest BCUT2D eigenvalue weighted by molar-refractivity contribution is 0.611. The molecule has 1 aromatic heterocycles. The molecular weight excluding hydrogens is 263 g/mol. The van der Waals surface area contributed by atoms with Crippen LogP contribution in [0.3, 0.4) is 0 Å². The lowest BCUT2D eigenvalue weighted by Gasteiger charge is -2.04. The number of benzene rings is 2. The second kappa shape index (κ2) is 5.52. The summed E-state index contributed by atoms with van der Waals surface area (Å²) in [7, 11) is 0. The van der Waals surface area contributed by atoms with Gasteiger partial charge in [-0.1, -0.05) is 42.0 Å². The van der Waals surface area contributed by atoms with Gasteiger partial charge in [-0.3, -0.25) is 4.68 Å². The van der Waals surface area contributed by atoms with E-state index in [2.05, 4.69) is 36.3 Å². The predicted octanol–water partition coefficient (Wildman–Crippen LogP) is 4.35. The molecule has 0 saturated heterocycles. The van der Waals surface area contributed by atoms with Gasteiger partial charge in [0.2, 0.25) is 0 Å². The first kappa shape index (κ1) is 13.6. The van der Waals surface area contributed by atoms with Gasteiger partial charge in [0.25, 0.3) is 0 Å². The summed E-state index contributed by atoms with van der Waals surface area (Å²) in [5.41, 5.74) is 4.83. The summed E-state index contributed by atoms with van der Waals surface area (Å²) >= 11 is 0. The number of aromatic nitrogens is 2. The lowest BCUT2D eigenvalue weighted by atomic mass is 10.1. The fraction of sp³-hybridized carbons (Fsp3) is 0.167. The normalized spacial score (nSPS) is 10.8. The van der Waals surface area contributed by atoms with Gasteiger partial charge in [0.15, 0.2) is 0 Å². The Kier molecular flexibility index (Phi) is 3.57. The van der Waals surface area contributed by atoms with Gasteiger partial charge in [0.05, 0.1) is 12.2 Å². The SMILES string of the molecule is Cc1ccc(-c2ccn(Cc3ccc(C)c(F)c3)n2)cc1. The van der Waals surface area contributed by atoms with Crippen molar-refractivity contribution in [2.75, 3.05) is 0 Å². The van der Waals surface area contributed by atoms with Crippen LogP contribution >= 0.6 is 0 Å². The molecule has 2 aromatic carbocycles. The van der Waals surface area contributed by atoms with E-state index in [0.717, 1.165) is 16.8 Å². The summed E-state index contributed by atoms with van der Waals surface area (Å²) in [4.78, 5) is 0. The highest BCUT2D eigenvalue weighted by Gasteiger charge is 2.04. The van der Waals surface area contributed by atoms with Gasteiger partial charge < -0.3 is 0 Å². The van der Waals surface area contributed by atoms with E-state index in [0.29, 0.717) is 12.1 Å². The van der Waals surface area contributed by atoms with Crippen molar-refractivity contribution in [1.82, 2.24) is 9.78 Å². The fourth-order valence-electron chi connectivity index (χ4n) is 2.25. The minimum absolute atomic E-state index is 0.168. The summed E-state index contributed by atoms with van der Waals surface area (Å²) < 4.78 is 15.4. The van der Waals surface area contributed by atoms with Crippen LogP contribution in [-0.4, -0.2) is 9.78 Å². The van der Waals surface area contributed by atoms with Crippen LogP contribution in [0.25, 0.3) is 11.3 Å². The number of hydrogen-bond donors (Lipinski definition) is 0. The summed E-state index contributed by atoms with van der Waals surface area (Å²) in [5, 5.41) is 4.55. The molecular formula is C18H17FN2. The molecule has 1 heterocycles. The van der Waals surface area contributed by atoms with Gasteiger partial charge in [-0.15, -0.1) is 0 Å². The van der Waals surface area contributed by atoms with E-state index in [1.54, 1.807) is 19.1 Å². The minimum Gasteiger partial charge on any atom is -0.268 e. The van der Waals surface area contributed by atoms with Crippen molar-refractivity contribution in [3.63, 3.8) is 0 Å². The maximum absolute atomic E-state index is 13.6. The molecule has 106 valence electrons. The predicted molar refractivity (Wildman–Crippen MR) is 82.6 cm³/mol. The molecule has 0 bridgehead atoms. The van der Waals surface area contributed by atoms with Crippen molar-refractivity contribution >= 4 is 0 Å². The molecule has 3 heteroatoms. The van der Waals surface area contributed by atoms with Crippen LogP contribution in [0.5, 0.6) is 0 Å². The fourth-order valence-corrected chi connectivity index (χ4v) is 2.25. The van der Waals surface area contributed by atoms with Crippen LogP contribution < -0.4 is 0 Å². The Hall–Kier alpha value is -2.42. The molecule has 21 heavy (non-hydrogen) atoms. The van der Waals surface area contributed by atoms with Crippen LogP contribution in [-0.2, 0) is 6.54 Å². The maximum Gasteiger partial charge on any atom is 0.126 e. The van der Waals surface area contributed by atoms with Gasteiger partial charge in [-0.2, -0.15) is 5.10 Å². The monoisotopic (exact) mass is 280 g/mol. The summed E-state index contributed by atoms with van der Waals surface area (Å²) in [5.74, 6) is -0.168. The average Bonchev–Trinajstić information content (AvgIpc) is 2.92. The topological polar surface area (TPSA) is 17.8 Å². The van der Waals surface area contributed by atoms with Gasteiger partial charge in [-0.05, 0) is 37.1 Å². The third-order valence-corrected chi connectivity index (χ3v) is 3.57. The molecule has 0 amide bonds. The lowest BCUT2D eigenvalue weighted by Crippen LogP contribution is -2.01. The maximum atomic E-state index is 13.6. The number of nitrogens with zero attached hydrogens (tertiary/aromatic N) is 2. The zero-order chi connectivity index (χ0) is 14.8. The zero-order valence-electron chi connectivity index (χ0n) is 12.2. The Labute approximate surface area is 123 Å². The molecule has 2 nitrogen and oxygen atoms in total. The highest BCUT2D eigenvalue weighted by molar-refractivity contribution is 5.58. The van der Waals surface area contributed by atoms with E-state index in [1.165, 1.54) is 5.56 Å². The summed E-state index contributed by atoms with van der Waals surface area (Å²) in [6.45, 7) is 4.40. The van der Waals surface area contributed by atoms with E-state index < -0.39 is 0 Å². The molecule has 0 radical (unpaired) electrons. The van der Waals surface area contributed by atoms with Crippen molar-refractivity contribution in [2.45, 2.75) is 20.4 Å².